The number of likely N-dealkylation sites (N-methyl/N-ethyl adjacent to an activating group) is 2. The van der Waals surface area contributed by atoms with Gasteiger partial charge in [0.2, 0.25) is 0 Å². The Labute approximate surface area is 143 Å². The first-order valence-electron chi connectivity index (χ1n) is 8.66. The van der Waals surface area contributed by atoms with Crippen molar-refractivity contribution >= 4 is 5.82 Å². The second kappa shape index (κ2) is 7.18. The molecule has 0 amide bonds. The fourth-order valence-corrected chi connectivity index (χ4v) is 3.31. The number of phenolic OH excluding ortho intramolecular Hbond substituents is 1. The van der Waals surface area contributed by atoms with Crippen LogP contribution in [-0.4, -0.2) is 53.4 Å². The van der Waals surface area contributed by atoms with Crippen molar-refractivity contribution in [1.29, 1.82) is 0 Å². The van der Waals surface area contributed by atoms with E-state index in [2.05, 4.69) is 41.0 Å². The van der Waals surface area contributed by atoms with Crippen LogP contribution >= 0.6 is 0 Å². The summed E-state index contributed by atoms with van der Waals surface area (Å²) in [7, 11) is 4.25. The number of hydrogen-bond donors (Lipinski definition) is 1. The summed E-state index contributed by atoms with van der Waals surface area (Å²) in [5, 5.41) is 18.9. The lowest BCUT2D eigenvalue weighted by atomic mass is 10.0. The average molecular weight is 326 g/mol. The molecule has 5 nitrogen and oxygen atoms in total. The minimum absolute atomic E-state index is 0.263. The van der Waals surface area contributed by atoms with Gasteiger partial charge in [-0.1, -0.05) is 13.0 Å². The zero-order chi connectivity index (χ0) is 17.1. The number of aromatic nitrogens is 2. The first-order chi connectivity index (χ1) is 11.6. The van der Waals surface area contributed by atoms with Gasteiger partial charge in [-0.2, -0.15) is 0 Å². The third-order valence-corrected chi connectivity index (χ3v) is 4.91. The molecule has 1 fully saturated rings. The van der Waals surface area contributed by atoms with Gasteiger partial charge < -0.3 is 14.9 Å². The lowest BCUT2D eigenvalue weighted by Gasteiger charge is -2.36. The smallest absolute Gasteiger partial charge is 0.151 e. The second-order valence-electron chi connectivity index (χ2n) is 6.65. The van der Waals surface area contributed by atoms with Crippen LogP contribution in [0.4, 0.5) is 5.82 Å². The van der Waals surface area contributed by atoms with Crippen LogP contribution < -0.4 is 4.90 Å². The molecule has 1 aliphatic rings. The quantitative estimate of drug-likeness (QED) is 0.936. The summed E-state index contributed by atoms with van der Waals surface area (Å²) >= 11 is 0. The van der Waals surface area contributed by atoms with Crippen LogP contribution in [0.5, 0.6) is 5.75 Å². The SMILES string of the molecule is CCc1ccc(-c2ccc(N(C)[C@@H]3CCCN(C)C3)nn2)c(O)c1. The maximum absolute atomic E-state index is 10.2. The van der Waals surface area contributed by atoms with Gasteiger partial charge in [-0.05, 0) is 62.7 Å². The van der Waals surface area contributed by atoms with E-state index in [1.54, 1.807) is 6.07 Å². The number of aromatic hydroxyl groups is 1. The molecular weight excluding hydrogens is 300 g/mol. The predicted molar refractivity (Wildman–Crippen MR) is 97.4 cm³/mol. The van der Waals surface area contributed by atoms with Crippen molar-refractivity contribution in [2.45, 2.75) is 32.2 Å². The molecule has 128 valence electrons. The van der Waals surface area contributed by atoms with Crippen molar-refractivity contribution in [3.63, 3.8) is 0 Å². The number of piperidine rings is 1. The molecule has 1 aliphatic heterocycles. The van der Waals surface area contributed by atoms with E-state index >= 15 is 0 Å². The monoisotopic (exact) mass is 326 g/mol. The molecule has 0 unspecified atom stereocenters. The number of phenols is 1. The molecule has 0 radical (unpaired) electrons. The number of anilines is 1. The van der Waals surface area contributed by atoms with Crippen molar-refractivity contribution in [1.82, 2.24) is 15.1 Å². The zero-order valence-corrected chi connectivity index (χ0v) is 14.7. The highest BCUT2D eigenvalue weighted by molar-refractivity contribution is 5.67. The molecule has 24 heavy (non-hydrogen) atoms. The normalized spacial score (nSPS) is 18.5. The predicted octanol–water partition coefficient (Wildman–Crippen LogP) is 2.94. The molecule has 2 aromatic rings. The Kier molecular flexibility index (Phi) is 5.00. The van der Waals surface area contributed by atoms with Crippen molar-refractivity contribution in [2.75, 3.05) is 32.1 Å². The Bertz CT molecular complexity index is 686. The van der Waals surface area contributed by atoms with Crippen LogP contribution in [-0.2, 0) is 6.42 Å². The van der Waals surface area contributed by atoms with Crippen molar-refractivity contribution in [3.05, 3.63) is 35.9 Å². The van der Waals surface area contributed by atoms with E-state index in [1.807, 2.05) is 24.3 Å². The highest BCUT2D eigenvalue weighted by Crippen LogP contribution is 2.29. The molecule has 0 bridgehead atoms. The lowest BCUT2D eigenvalue weighted by molar-refractivity contribution is 0.247. The van der Waals surface area contributed by atoms with E-state index < -0.39 is 0 Å². The van der Waals surface area contributed by atoms with Gasteiger partial charge in [-0.3, -0.25) is 0 Å². The summed E-state index contributed by atoms with van der Waals surface area (Å²) in [5.41, 5.74) is 2.54. The van der Waals surface area contributed by atoms with Crippen LogP contribution in [0.25, 0.3) is 11.3 Å². The van der Waals surface area contributed by atoms with Crippen LogP contribution in [0.2, 0.25) is 0 Å². The van der Waals surface area contributed by atoms with Crippen molar-refractivity contribution in [3.8, 4) is 17.0 Å². The van der Waals surface area contributed by atoms with Crippen LogP contribution in [0.1, 0.15) is 25.3 Å². The molecule has 1 N–H and O–H groups in total. The maximum Gasteiger partial charge on any atom is 0.151 e. The largest absolute Gasteiger partial charge is 0.507 e. The van der Waals surface area contributed by atoms with E-state index in [0.29, 0.717) is 11.7 Å². The van der Waals surface area contributed by atoms with Gasteiger partial charge in [0.15, 0.2) is 5.82 Å². The van der Waals surface area contributed by atoms with Gasteiger partial charge in [-0.25, -0.2) is 0 Å². The summed E-state index contributed by atoms with van der Waals surface area (Å²) in [5.74, 6) is 1.14. The van der Waals surface area contributed by atoms with Gasteiger partial charge in [-0.15, -0.1) is 10.2 Å². The molecule has 0 aliphatic carbocycles. The van der Waals surface area contributed by atoms with Gasteiger partial charge >= 0.3 is 0 Å². The summed E-state index contributed by atoms with van der Waals surface area (Å²) in [6.07, 6.45) is 3.30. The molecule has 5 heteroatoms. The van der Waals surface area contributed by atoms with E-state index in [9.17, 15) is 5.11 Å². The van der Waals surface area contributed by atoms with Crippen molar-refractivity contribution < 1.29 is 5.11 Å². The number of nitrogens with zero attached hydrogens (tertiary/aromatic N) is 4. The highest BCUT2D eigenvalue weighted by atomic mass is 16.3. The number of aryl methyl sites for hydroxylation is 1. The topological polar surface area (TPSA) is 52.5 Å². The minimum Gasteiger partial charge on any atom is -0.507 e. The molecule has 1 aromatic carbocycles. The number of rotatable bonds is 4. The Balaban J connectivity index is 1.78. The van der Waals surface area contributed by atoms with Gasteiger partial charge in [0.25, 0.3) is 0 Å². The Morgan fingerprint density at radius 3 is 2.71 bits per heavy atom. The highest BCUT2D eigenvalue weighted by Gasteiger charge is 2.22. The van der Waals surface area contributed by atoms with Gasteiger partial charge in [0, 0.05) is 25.2 Å². The van der Waals surface area contributed by atoms with Crippen LogP contribution in [0, 0.1) is 0 Å². The molecule has 1 atom stereocenters. The Morgan fingerprint density at radius 2 is 2.08 bits per heavy atom. The first-order valence-corrected chi connectivity index (χ1v) is 8.66. The van der Waals surface area contributed by atoms with Crippen molar-refractivity contribution in [2.24, 2.45) is 0 Å². The maximum atomic E-state index is 10.2. The summed E-state index contributed by atoms with van der Waals surface area (Å²) in [6.45, 7) is 4.29. The summed E-state index contributed by atoms with van der Waals surface area (Å²) < 4.78 is 0. The molecule has 0 saturated carbocycles. The Morgan fingerprint density at radius 1 is 1.25 bits per heavy atom. The first kappa shape index (κ1) is 16.7. The number of benzene rings is 1. The van der Waals surface area contributed by atoms with Gasteiger partial charge in [0.05, 0.1) is 5.69 Å². The molecule has 1 aromatic heterocycles. The molecule has 3 rings (SSSR count). The second-order valence-corrected chi connectivity index (χ2v) is 6.65. The van der Waals surface area contributed by atoms with E-state index in [1.165, 1.54) is 19.4 Å². The number of hydrogen-bond acceptors (Lipinski definition) is 5. The summed E-state index contributed by atoms with van der Waals surface area (Å²) in [6, 6.07) is 10.1. The molecule has 0 spiro atoms. The third kappa shape index (κ3) is 3.51. The molecule has 1 saturated heterocycles. The van der Waals surface area contributed by atoms with Gasteiger partial charge in [0.1, 0.15) is 5.75 Å². The fraction of sp³-hybridized carbons (Fsp3) is 0.474. The summed E-state index contributed by atoms with van der Waals surface area (Å²) in [4.78, 5) is 4.58. The average Bonchev–Trinajstić information content (AvgIpc) is 2.61. The van der Waals surface area contributed by atoms with Crippen LogP contribution in [0.3, 0.4) is 0 Å². The minimum atomic E-state index is 0.263. The third-order valence-electron chi connectivity index (χ3n) is 4.91. The molecular formula is C19H26N4O. The zero-order valence-electron chi connectivity index (χ0n) is 14.7. The van der Waals surface area contributed by atoms with E-state index in [-0.39, 0.29) is 5.75 Å². The standard InChI is InChI=1S/C19H26N4O/c1-4-14-7-8-16(18(24)12-14)17-9-10-19(21-20-17)23(3)15-6-5-11-22(2)13-15/h7-10,12,15,24H,4-6,11,13H2,1-3H3/t15-/m1/s1. The van der Waals surface area contributed by atoms with Crippen LogP contribution in [0.15, 0.2) is 30.3 Å². The molecule has 2 heterocycles. The lowest BCUT2D eigenvalue weighted by Crippen LogP contribution is -2.45. The fourth-order valence-electron chi connectivity index (χ4n) is 3.31. The van der Waals surface area contributed by atoms with E-state index in [0.717, 1.165) is 29.9 Å². The van der Waals surface area contributed by atoms with E-state index in [4.69, 9.17) is 0 Å². The number of likely N-dealkylation sites (tertiary alicyclic amines) is 1. The Hall–Kier alpha value is -2.14.